The van der Waals surface area contributed by atoms with E-state index in [1.165, 1.54) is 5.56 Å². The molecule has 4 heteroatoms. The molecule has 2 aromatic rings. The van der Waals surface area contributed by atoms with Gasteiger partial charge in [-0.25, -0.2) is 9.97 Å². The lowest BCUT2D eigenvalue weighted by Gasteiger charge is -1.89. The summed E-state index contributed by atoms with van der Waals surface area (Å²) in [5.74, 6) is 0. The van der Waals surface area contributed by atoms with E-state index in [4.69, 9.17) is 0 Å². The molecule has 11 heavy (non-hydrogen) atoms. The zero-order chi connectivity index (χ0) is 7.84. The van der Waals surface area contributed by atoms with E-state index in [1.807, 2.05) is 6.20 Å². The van der Waals surface area contributed by atoms with E-state index in [-0.39, 0.29) is 0 Å². The first-order chi connectivity index (χ1) is 5.27. The van der Waals surface area contributed by atoms with Gasteiger partial charge in [-0.1, -0.05) is 0 Å². The van der Waals surface area contributed by atoms with Gasteiger partial charge in [0.1, 0.15) is 4.83 Å². The van der Waals surface area contributed by atoms with Crippen molar-refractivity contribution in [1.82, 2.24) is 9.97 Å². The molecule has 0 unspecified atom stereocenters. The van der Waals surface area contributed by atoms with Crippen molar-refractivity contribution in [3.05, 3.63) is 21.9 Å². The molecule has 0 atom stereocenters. The highest BCUT2D eigenvalue weighted by Gasteiger charge is 2.01. The van der Waals surface area contributed by atoms with Crippen molar-refractivity contribution in [1.29, 1.82) is 0 Å². The summed E-state index contributed by atoms with van der Waals surface area (Å²) in [7, 11) is 0. The predicted molar refractivity (Wildman–Crippen MR) is 49.9 cm³/mol. The molecule has 0 aliphatic heterocycles. The Hall–Kier alpha value is -0.480. The molecule has 0 N–H and O–H groups in total. The fourth-order valence-corrected chi connectivity index (χ4v) is 2.21. The third kappa shape index (κ3) is 1.16. The highest BCUT2D eigenvalue weighted by Crippen LogP contribution is 2.23. The third-order valence-corrected chi connectivity index (χ3v) is 2.88. The van der Waals surface area contributed by atoms with Crippen molar-refractivity contribution in [2.45, 2.75) is 6.92 Å². The molecule has 0 saturated heterocycles. The van der Waals surface area contributed by atoms with E-state index >= 15 is 0 Å². The van der Waals surface area contributed by atoms with E-state index in [1.54, 1.807) is 11.3 Å². The fourth-order valence-electron chi connectivity index (χ4n) is 0.914. The molecule has 0 aromatic carbocycles. The van der Waals surface area contributed by atoms with Crippen molar-refractivity contribution in [2.24, 2.45) is 0 Å². The molecule has 0 radical (unpaired) electrons. The quantitative estimate of drug-likeness (QED) is 0.649. The first-order valence-corrected chi connectivity index (χ1v) is 4.81. The van der Waals surface area contributed by atoms with Crippen molar-refractivity contribution < 1.29 is 0 Å². The van der Waals surface area contributed by atoms with Crippen molar-refractivity contribution >= 4 is 37.5 Å². The average Bonchev–Trinajstić information content (AvgIpc) is 2.32. The summed E-state index contributed by atoms with van der Waals surface area (Å²) in [6.45, 7) is 2.07. The maximum absolute atomic E-state index is 4.22. The molecule has 0 fully saturated rings. The van der Waals surface area contributed by atoms with Gasteiger partial charge in [0, 0.05) is 11.6 Å². The minimum Gasteiger partial charge on any atom is -0.230 e. The Labute approximate surface area is 76.4 Å². The van der Waals surface area contributed by atoms with Crippen LogP contribution in [0.2, 0.25) is 0 Å². The number of fused-ring (bicyclic) bond motifs is 1. The number of halogens is 1. The standard InChI is InChI=1S/C7H5BrN2S/c1-4-3-11-6-5(4)2-9-7(8)10-6/h2-3H,1H3. The molecule has 2 rings (SSSR count). The minimum atomic E-state index is 0.659. The van der Waals surface area contributed by atoms with Crippen LogP contribution in [-0.2, 0) is 0 Å². The van der Waals surface area contributed by atoms with Crippen molar-refractivity contribution in [3.8, 4) is 0 Å². The van der Waals surface area contributed by atoms with Gasteiger partial charge in [0.2, 0.25) is 0 Å². The van der Waals surface area contributed by atoms with Gasteiger partial charge >= 0.3 is 0 Å². The highest BCUT2D eigenvalue weighted by atomic mass is 79.9. The largest absolute Gasteiger partial charge is 0.230 e. The van der Waals surface area contributed by atoms with Gasteiger partial charge in [0.15, 0.2) is 4.73 Å². The summed E-state index contributed by atoms with van der Waals surface area (Å²) < 4.78 is 0.659. The number of hydrogen-bond donors (Lipinski definition) is 0. The maximum Gasteiger partial charge on any atom is 0.197 e. The number of aromatic nitrogens is 2. The molecule has 0 saturated carbocycles. The van der Waals surface area contributed by atoms with Crippen LogP contribution in [0.15, 0.2) is 16.3 Å². The molecule has 0 bridgehead atoms. The summed E-state index contributed by atoms with van der Waals surface area (Å²) >= 11 is 4.87. The first kappa shape index (κ1) is 7.18. The smallest absolute Gasteiger partial charge is 0.197 e. The molecule has 2 aromatic heterocycles. The fraction of sp³-hybridized carbons (Fsp3) is 0.143. The van der Waals surface area contributed by atoms with E-state index in [0.29, 0.717) is 4.73 Å². The summed E-state index contributed by atoms with van der Waals surface area (Å²) in [6.07, 6.45) is 1.85. The second-order valence-corrected chi connectivity index (χ2v) is 3.84. The Morgan fingerprint density at radius 2 is 2.36 bits per heavy atom. The van der Waals surface area contributed by atoms with Gasteiger partial charge in [-0.15, -0.1) is 11.3 Å². The minimum absolute atomic E-state index is 0.659. The SMILES string of the molecule is Cc1csc2nc(Br)ncc12. The Bertz CT molecular complexity index is 396. The highest BCUT2D eigenvalue weighted by molar-refractivity contribution is 9.10. The number of thiophene rings is 1. The number of aryl methyl sites for hydroxylation is 1. The third-order valence-electron chi connectivity index (χ3n) is 1.50. The topological polar surface area (TPSA) is 25.8 Å². The first-order valence-electron chi connectivity index (χ1n) is 3.14. The average molecular weight is 229 g/mol. The Morgan fingerprint density at radius 3 is 3.18 bits per heavy atom. The maximum atomic E-state index is 4.22. The number of hydrogen-bond acceptors (Lipinski definition) is 3. The summed E-state index contributed by atoms with van der Waals surface area (Å²) in [5.41, 5.74) is 1.25. The lowest BCUT2D eigenvalue weighted by atomic mass is 10.3. The second-order valence-electron chi connectivity index (χ2n) is 2.28. The normalized spacial score (nSPS) is 10.7. The van der Waals surface area contributed by atoms with Gasteiger partial charge in [0.05, 0.1) is 0 Å². The zero-order valence-electron chi connectivity index (χ0n) is 5.84. The van der Waals surface area contributed by atoms with Crippen LogP contribution in [0.5, 0.6) is 0 Å². The van der Waals surface area contributed by atoms with E-state index in [0.717, 1.165) is 10.2 Å². The van der Waals surface area contributed by atoms with E-state index < -0.39 is 0 Å². The molecule has 2 nitrogen and oxygen atoms in total. The summed E-state index contributed by atoms with van der Waals surface area (Å²) in [4.78, 5) is 9.32. The lowest BCUT2D eigenvalue weighted by molar-refractivity contribution is 1.17. The predicted octanol–water partition coefficient (Wildman–Crippen LogP) is 2.76. The molecular formula is C7H5BrN2S. The van der Waals surface area contributed by atoms with Crippen molar-refractivity contribution in [3.63, 3.8) is 0 Å². The Morgan fingerprint density at radius 1 is 1.55 bits per heavy atom. The summed E-state index contributed by atoms with van der Waals surface area (Å²) in [6, 6.07) is 0. The molecule has 2 heterocycles. The van der Waals surface area contributed by atoms with Crippen LogP contribution in [0.3, 0.4) is 0 Å². The molecule has 0 amide bonds. The van der Waals surface area contributed by atoms with Gasteiger partial charge in [-0.2, -0.15) is 0 Å². The van der Waals surface area contributed by atoms with E-state index in [9.17, 15) is 0 Å². The van der Waals surface area contributed by atoms with Crippen molar-refractivity contribution in [2.75, 3.05) is 0 Å². The second kappa shape index (κ2) is 2.53. The van der Waals surface area contributed by atoms with E-state index in [2.05, 4.69) is 38.2 Å². The monoisotopic (exact) mass is 228 g/mol. The van der Waals surface area contributed by atoms with Crippen LogP contribution in [0.25, 0.3) is 10.2 Å². The number of nitrogens with zero attached hydrogens (tertiary/aromatic N) is 2. The van der Waals surface area contributed by atoms with Crippen LogP contribution in [0.1, 0.15) is 5.56 Å². The summed E-state index contributed by atoms with van der Waals surface area (Å²) in [5, 5.41) is 3.24. The molecule has 0 aliphatic carbocycles. The lowest BCUT2D eigenvalue weighted by Crippen LogP contribution is -1.79. The van der Waals surface area contributed by atoms with Crippen LogP contribution in [-0.4, -0.2) is 9.97 Å². The molecule has 56 valence electrons. The Balaban J connectivity index is 2.86. The Kier molecular flexibility index (Phi) is 1.65. The van der Waals surface area contributed by atoms with Crippen LogP contribution in [0.4, 0.5) is 0 Å². The molecule has 0 aliphatic rings. The van der Waals surface area contributed by atoms with Gasteiger partial charge < -0.3 is 0 Å². The van der Waals surface area contributed by atoms with Gasteiger partial charge in [0.25, 0.3) is 0 Å². The van der Waals surface area contributed by atoms with Crippen LogP contribution in [0, 0.1) is 6.92 Å². The van der Waals surface area contributed by atoms with Gasteiger partial charge in [-0.05, 0) is 33.8 Å². The van der Waals surface area contributed by atoms with Crippen LogP contribution < -0.4 is 0 Å². The van der Waals surface area contributed by atoms with Crippen LogP contribution >= 0.6 is 27.3 Å². The number of rotatable bonds is 0. The molecule has 0 spiro atoms. The van der Waals surface area contributed by atoms with Gasteiger partial charge in [-0.3, -0.25) is 0 Å². The zero-order valence-corrected chi connectivity index (χ0v) is 8.24. The molecular weight excluding hydrogens is 224 g/mol.